The lowest BCUT2D eigenvalue weighted by Crippen LogP contribution is -2.43. The summed E-state index contributed by atoms with van der Waals surface area (Å²) in [7, 11) is 4.82. The van der Waals surface area contributed by atoms with E-state index in [0.29, 0.717) is 34.4 Å². The van der Waals surface area contributed by atoms with Crippen molar-refractivity contribution in [3.05, 3.63) is 82.4 Å². The lowest BCUT2D eigenvalue weighted by Gasteiger charge is -2.35. The molecule has 1 aliphatic rings. The molecule has 2 atom stereocenters. The SMILES string of the molecule is COc1ccc2c(c1)OC(c1ccc(OC)c(OC)c1)CC2NC(=O)C(C)(C)c1ccc(Cl)cc1. The zero-order chi connectivity index (χ0) is 25.2. The number of hydrogen-bond donors (Lipinski definition) is 1. The van der Waals surface area contributed by atoms with Crippen molar-refractivity contribution in [3.63, 3.8) is 0 Å². The van der Waals surface area contributed by atoms with Crippen LogP contribution in [0.2, 0.25) is 5.02 Å². The minimum absolute atomic E-state index is 0.0837. The van der Waals surface area contributed by atoms with E-state index in [-0.39, 0.29) is 18.1 Å². The number of hydrogen-bond acceptors (Lipinski definition) is 5. The Hall–Kier alpha value is -3.38. The van der Waals surface area contributed by atoms with E-state index in [1.165, 1.54) is 0 Å². The predicted molar refractivity (Wildman–Crippen MR) is 136 cm³/mol. The van der Waals surface area contributed by atoms with Gasteiger partial charge in [-0.15, -0.1) is 0 Å². The van der Waals surface area contributed by atoms with Crippen LogP contribution < -0.4 is 24.3 Å². The fourth-order valence-corrected chi connectivity index (χ4v) is 4.43. The molecule has 184 valence electrons. The van der Waals surface area contributed by atoms with E-state index in [0.717, 1.165) is 16.7 Å². The number of amides is 1. The van der Waals surface area contributed by atoms with Crippen molar-refractivity contribution in [2.24, 2.45) is 0 Å². The Kier molecular flexibility index (Phi) is 7.13. The van der Waals surface area contributed by atoms with Gasteiger partial charge < -0.3 is 24.3 Å². The summed E-state index contributed by atoms with van der Waals surface area (Å²) in [4.78, 5) is 13.5. The predicted octanol–water partition coefficient (Wildman–Crippen LogP) is 6.02. The van der Waals surface area contributed by atoms with Crippen LogP contribution in [-0.2, 0) is 10.2 Å². The normalized spacial score (nSPS) is 17.1. The Bertz CT molecular complexity index is 1210. The lowest BCUT2D eigenvalue weighted by molar-refractivity contribution is -0.126. The summed E-state index contributed by atoms with van der Waals surface area (Å²) in [6, 6.07) is 18.5. The summed E-state index contributed by atoms with van der Waals surface area (Å²) in [5, 5.41) is 3.90. The Balaban J connectivity index is 1.66. The van der Waals surface area contributed by atoms with E-state index in [1.807, 2.05) is 62.4 Å². The summed E-state index contributed by atoms with van der Waals surface area (Å²) < 4.78 is 22.7. The standard InChI is InChI=1S/C28H30ClNO5/c1-28(2,18-7-9-19(29)10-8-18)27(31)30-22-16-24(17-6-13-23(33-4)26(14-17)34-5)35-25-15-20(32-3)11-12-21(22)25/h6-15,22,24H,16H2,1-5H3,(H,30,31). The molecule has 1 heterocycles. The third-order valence-electron chi connectivity index (χ3n) is 6.53. The molecule has 0 saturated heterocycles. The first kappa shape index (κ1) is 24.7. The van der Waals surface area contributed by atoms with Gasteiger partial charge in [0.25, 0.3) is 0 Å². The molecule has 4 rings (SSSR count). The average molecular weight is 496 g/mol. The number of methoxy groups -OCH3 is 3. The van der Waals surface area contributed by atoms with Crippen LogP contribution in [0.3, 0.4) is 0 Å². The molecule has 3 aromatic rings. The van der Waals surface area contributed by atoms with Crippen molar-refractivity contribution in [2.75, 3.05) is 21.3 Å². The molecule has 35 heavy (non-hydrogen) atoms. The third kappa shape index (κ3) is 5.03. The zero-order valence-corrected chi connectivity index (χ0v) is 21.3. The van der Waals surface area contributed by atoms with Gasteiger partial charge in [-0.2, -0.15) is 0 Å². The highest BCUT2D eigenvalue weighted by Gasteiger charge is 2.36. The number of halogens is 1. The number of rotatable bonds is 7. The first-order valence-electron chi connectivity index (χ1n) is 11.4. The summed E-state index contributed by atoms with van der Waals surface area (Å²) in [6.07, 6.45) is 0.246. The maximum Gasteiger partial charge on any atom is 0.230 e. The molecule has 1 N–H and O–H groups in total. The fourth-order valence-electron chi connectivity index (χ4n) is 4.30. The number of carbonyl (C=O) groups excluding carboxylic acids is 1. The first-order valence-corrected chi connectivity index (χ1v) is 11.8. The van der Waals surface area contributed by atoms with Gasteiger partial charge in [0.2, 0.25) is 5.91 Å². The monoisotopic (exact) mass is 495 g/mol. The first-order chi connectivity index (χ1) is 16.8. The van der Waals surface area contributed by atoms with Crippen LogP contribution in [0.1, 0.15) is 49.1 Å². The fraction of sp³-hybridized carbons (Fsp3) is 0.321. The number of nitrogens with one attached hydrogen (secondary N) is 1. The summed E-state index contributed by atoms with van der Waals surface area (Å²) in [5.74, 6) is 2.53. The number of carbonyl (C=O) groups is 1. The molecule has 6 nitrogen and oxygen atoms in total. The molecular formula is C28H30ClNO5. The van der Waals surface area contributed by atoms with Crippen LogP contribution in [0.5, 0.6) is 23.0 Å². The van der Waals surface area contributed by atoms with E-state index < -0.39 is 5.41 Å². The van der Waals surface area contributed by atoms with Crippen molar-refractivity contribution in [2.45, 2.75) is 37.8 Å². The maximum atomic E-state index is 13.5. The van der Waals surface area contributed by atoms with Gasteiger partial charge in [-0.05, 0) is 61.4 Å². The summed E-state index contributed by atoms with van der Waals surface area (Å²) in [6.45, 7) is 3.82. The smallest absolute Gasteiger partial charge is 0.230 e. The van der Waals surface area contributed by atoms with Gasteiger partial charge >= 0.3 is 0 Å². The second-order valence-electron chi connectivity index (χ2n) is 9.02. The van der Waals surface area contributed by atoms with Crippen molar-refractivity contribution in [1.29, 1.82) is 0 Å². The van der Waals surface area contributed by atoms with E-state index in [1.54, 1.807) is 33.5 Å². The van der Waals surface area contributed by atoms with Crippen LogP contribution in [0, 0.1) is 0 Å². The van der Waals surface area contributed by atoms with E-state index in [9.17, 15) is 4.79 Å². The second-order valence-corrected chi connectivity index (χ2v) is 9.45. The average Bonchev–Trinajstić information content (AvgIpc) is 2.87. The molecule has 1 amide bonds. The number of ether oxygens (including phenoxy) is 4. The lowest BCUT2D eigenvalue weighted by atomic mass is 9.82. The molecule has 1 aliphatic heterocycles. The molecule has 0 fully saturated rings. The van der Waals surface area contributed by atoms with E-state index >= 15 is 0 Å². The Morgan fingerprint density at radius 2 is 1.66 bits per heavy atom. The molecule has 0 radical (unpaired) electrons. The Labute approximate surface area is 211 Å². The third-order valence-corrected chi connectivity index (χ3v) is 6.79. The minimum Gasteiger partial charge on any atom is -0.497 e. The molecule has 0 spiro atoms. The molecule has 7 heteroatoms. The molecule has 2 unspecified atom stereocenters. The summed E-state index contributed by atoms with van der Waals surface area (Å²) >= 11 is 6.05. The van der Waals surface area contributed by atoms with Gasteiger partial charge in [0.1, 0.15) is 17.6 Å². The van der Waals surface area contributed by atoms with E-state index in [4.69, 9.17) is 30.5 Å². The van der Waals surface area contributed by atoms with Gasteiger partial charge in [-0.3, -0.25) is 4.79 Å². The number of fused-ring (bicyclic) bond motifs is 1. The molecule has 0 saturated carbocycles. The highest BCUT2D eigenvalue weighted by molar-refractivity contribution is 6.30. The van der Waals surface area contributed by atoms with Gasteiger partial charge in [0.15, 0.2) is 11.5 Å². The molecule has 0 aliphatic carbocycles. The van der Waals surface area contributed by atoms with Crippen LogP contribution in [0.4, 0.5) is 0 Å². The molecular weight excluding hydrogens is 466 g/mol. The van der Waals surface area contributed by atoms with Crippen molar-refractivity contribution in [3.8, 4) is 23.0 Å². The van der Waals surface area contributed by atoms with Gasteiger partial charge in [-0.1, -0.05) is 29.8 Å². The molecule has 0 aromatic heterocycles. The zero-order valence-electron chi connectivity index (χ0n) is 20.6. The Morgan fingerprint density at radius 1 is 0.943 bits per heavy atom. The Morgan fingerprint density at radius 3 is 2.31 bits per heavy atom. The number of benzene rings is 3. The summed E-state index contributed by atoms with van der Waals surface area (Å²) in [5.41, 5.74) is 1.96. The van der Waals surface area contributed by atoms with Crippen LogP contribution >= 0.6 is 11.6 Å². The minimum atomic E-state index is -0.756. The topological polar surface area (TPSA) is 66.0 Å². The van der Waals surface area contributed by atoms with Crippen LogP contribution in [-0.4, -0.2) is 27.2 Å². The van der Waals surface area contributed by atoms with Gasteiger partial charge in [0.05, 0.1) is 32.8 Å². The quantitative estimate of drug-likeness (QED) is 0.434. The van der Waals surface area contributed by atoms with Gasteiger partial charge in [0, 0.05) is 23.1 Å². The van der Waals surface area contributed by atoms with Crippen LogP contribution in [0.15, 0.2) is 60.7 Å². The van der Waals surface area contributed by atoms with Gasteiger partial charge in [-0.25, -0.2) is 0 Å². The van der Waals surface area contributed by atoms with Crippen LogP contribution in [0.25, 0.3) is 0 Å². The molecule has 0 bridgehead atoms. The largest absolute Gasteiger partial charge is 0.497 e. The highest BCUT2D eigenvalue weighted by Crippen LogP contribution is 2.44. The van der Waals surface area contributed by atoms with E-state index in [2.05, 4.69) is 5.32 Å². The highest BCUT2D eigenvalue weighted by atomic mass is 35.5. The molecule has 3 aromatic carbocycles. The van der Waals surface area contributed by atoms with Crippen molar-refractivity contribution in [1.82, 2.24) is 5.32 Å². The van der Waals surface area contributed by atoms with Crippen molar-refractivity contribution < 1.29 is 23.7 Å². The maximum absolute atomic E-state index is 13.5. The second kappa shape index (κ2) is 10.1. The van der Waals surface area contributed by atoms with Crippen molar-refractivity contribution >= 4 is 17.5 Å².